The topological polar surface area (TPSA) is 41.4 Å². The molecule has 1 atom stereocenters. The van der Waals surface area contributed by atoms with Crippen molar-refractivity contribution in [1.29, 1.82) is 0 Å². The molecule has 2 aromatic heterocycles. The first-order valence-electron chi connectivity index (χ1n) is 7.84. The first-order valence-corrected chi connectivity index (χ1v) is 8.72. The van der Waals surface area contributed by atoms with Crippen molar-refractivity contribution in [2.75, 3.05) is 19.6 Å². The Balaban J connectivity index is 1.57. The van der Waals surface area contributed by atoms with E-state index < -0.39 is 24.9 Å². The molecule has 1 unspecified atom stereocenters. The molecule has 0 aliphatic carbocycles. The SMILES string of the molecule is Cn1cnc2c1C(C(=O)N1CC(F)(F)C1)CN(Cc1cccs1)C2. The van der Waals surface area contributed by atoms with E-state index in [0.29, 0.717) is 13.1 Å². The average molecular weight is 352 g/mol. The van der Waals surface area contributed by atoms with E-state index in [9.17, 15) is 13.6 Å². The van der Waals surface area contributed by atoms with Crippen molar-refractivity contribution < 1.29 is 13.6 Å². The van der Waals surface area contributed by atoms with Gasteiger partial charge >= 0.3 is 0 Å². The Hall–Kier alpha value is -1.80. The monoisotopic (exact) mass is 352 g/mol. The first-order chi connectivity index (χ1) is 11.4. The Morgan fingerprint density at radius 3 is 2.92 bits per heavy atom. The van der Waals surface area contributed by atoms with Gasteiger partial charge in [-0.15, -0.1) is 11.3 Å². The van der Waals surface area contributed by atoms with Gasteiger partial charge in [0.25, 0.3) is 5.92 Å². The minimum absolute atomic E-state index is 0.221. The lowest BCUT2D eigenvalue weighted by atomic mass is 9.94. The number of nitrogens with zero attached hydrogens (tertiary/aromatic N) is 4. The Bertz CT molecular complexity index is 750. The van der Waals surface area contributed by atoms with Crippen LogP contribution in [-0.4, -0.2) is 50.8 Å². The highest BCUT2D eigenvalue weighted by Gasteiger charge is 2.49. The van der Waals surface area contributed by atoms with Crippen LogP contribution in [-0.2, 0) is 24.9 Å². The van der Waals surface area contributed by atoms with Crippen LogP contribution in [0.2, 0.25) is 0 Å². The lowest BCUT2D eigenvalue weighted by molar-refractivity contribution is -0.168. The van der Waals surface area contributed by atoms with E-state index in [2.05, 4.69) is 16.0 Å². The van der Waals surface area contributed by atoms with Crippen molar-refractivity contribution in [2.45, 2.75) is 24.9 Å². The molecule has 0 radical (unpaired) electrons. The number of halogens is 2. The average Bonchev–Trinajstić information content (AvgIpc) is 3.14. The molecule has 128 valence electrons. The lowest BCUT2D eigenvalue weighted by Gasteiger charge is -2.42. The molecule has 2 aromatic rings. The fourth-order valence-electron chi connectivity index (χ4n) is 3.50. The molecule has 8 heteroatoms. The van der Waals surface area contributed by atoms with Gasteiger partial charge in [0.15, 0.2) is 0 Å². The van der Waals surface area contributed by atoms with Gasteiger partial charge in [-0.2, -0.15) is 0 Å². The number of alkyl halides is 2. The number of fused-ring (bicyclic) bond motifs is 1. The number of hydrogen-bond donors (Lipinski definition) is 0. The summed E-state index contributed by atoms with van der Waals surface area (Å²) < 4.78 is 28.1. The van der Waals surface area contributed by atoms with Gasteiger partial charge in [0.1, 0.15) is 0 Å². The van der Waals surface area contributed by atoms with E-state index >= 15 is 0 Å². The molecule has 5 nitrogen and oxygen atoms in total. The van der Waals surface area contributed by atoms with Crippen molar-refractivity contribution in [3.63, 3.8) is 0 Å². The van der Waals surface area contributed by atoms with Crippen molar-refractivity contribution in [2.24, 2.45) is 7.05 Å². The molecule has 0 spiro atoms. The summed E-state index contributed by atoms with van der Waals surface area (Å²) in [7, 11) is 1.85. The van der Waals surface area contributed by atoms with Gasteiger partial charge in [-0.1, -0.05) is 6.07 Å². The summed E-state index contributed by atoms with van der Waals surface area (Å²) >= 11 is 1.67. The fraction of sp³-hybridized carbons (Fsp3) is 0.500. The molecular formula is C16H18F2N4OS. The lowest BCUT2D eigenvalue weighted by Crippen LogP contribution is -2.60. The number of hydrogen-bond acceptors (Lipinski definition) is 4. The van der Waals surface area contributed by atoms with Crippen LogP contribution >= 0.6 is 11.3 Å². The predicted molar refractivity (Wildman–Crippen MR) is 85.9 cm³/mol. The van der Waals surface area contributed by atoms with Gasteiger partial charge in [0, 0.05) is 31.6 Å². The van der Waals surface area contributed by atoms with E-state index in [4.69, 9.17) is 0 Å². The van der Waals surface area contributed by atoms with Crippen LogP contribution in [0.3, 0.4) is 0 Å². The van der Waals surface area contributed by atoms with Gasteiger partial charge in [-0.25, -0.2) is 13.8 Å². The number of likely N-dealkylation sites (tertiary alicyclic amines) is 1. The number of imidazole rings is 1. The predicted octanol–water partition coefficient (Wildman–Crippen LogP) is 2.06. The largest absolute Gasteiger partial charge is 0.337 e. The highest BCUT2D eigenvalue weighted by atomic mass is 32.1. The molecule has 0 N–H and O–H groups in total. The maximum absolute atomic E-state index is 13.1. The van der Waals surface area contributed by atoms with Crippen LogP contribution in [0, 0.1) is 0 Å². The van der Waals surface area contributed by atoms with Crippen molar-refractivity contribution in [3.8, 4) is 0 Å². The zero-order valence-electron chi connectivity index (χ0n) is 13.3. The standard InChI is InChI=1S/C16H18F2N4OS/c1-20-10-19-13-7-21(5-11-3-2-4-24-11)6-12(14(13)20)15(23)22-8-16(17,18)9-22/h2-4,10,12H,5-9H2,1H3. The van der Waals surface area contributed by atoms with E-state index in [0.717, 1.165) is 17.9 Å². The minimum atomic E-state index is -2.74. The number of rotatable bonds is 3. The number of aromatic nitrogens is 2. The summed E-state index contributed by atoms with van der Waals surface area (Å²) in [5.74, 6) is -3.39. The van der Waals surface area contributed by atoms with Crippen molar-refractivity contribution in [1.82, 2.24) is 19.4 Å². The molecular weight excluding hydrogens is 334 g/mol. The van der Waals surface area contributed by atoms with E-state index in [1.54, 1.807) is 17.7 Å². The number of thiophene rings is 1. The summed E-state index contributed by atoms with van der Waals surface area (Å²) in [4.78, 5) is 21.8. The molecule has 0 bridgehead atoms. The Morgan fingerprint density at radius 1 is 1.46 bits per heavy atom. The van der Waals surface area contributed by atoms with E-state index in [1.165, 1.54) is 9.78 Å². The third kappa shape index (κ3) is 2.73. The van der Waals surface area contributed by atoms with Crippen LogP contribution in [0.1, 0.15) is 22.2 Å². The highest BCUT2D eigenvalue weighted by Crippen LogP contribution is 2.34. The molecule has 1 fully saturated rings. The quantitative estimate of drug-likeness (QED) is 0.849. The molecule has 2 aliphatic rings. The fourth-order valence-corrected chi connectivity index (χ4v) is 4.25. The Morgan fingerprint density at radius 2 is 2.25 bits per heavy atom. The first kappa shape index (κ1) is 15.7. The summed E-state index contributed by atoms with van der Waals surface area (Å²) in [6.07, 6.45) is 1.70. The molecule has 0 aromatic carbocycles. The van der Waals surface area contributed by atoms with Crippen LogP contribution in [0.4, 0.5) is 8.78 Å². The maximum atomic E-state index is 13.1. The Kier molecular flexibility index (Phi) is 3.69. The smallest absolute Gasteiger partial charge is 0.282 e. The molecule has 24 heavy (non-hydrogen) atoms. The minimum Gasteiger partial charge on any atom is -0.337 e. The zero-order valence-corrected chi connectivity index (χ0v) is 14.1. The summed E-state index contributed by atoms with van der Waals surface area (Å²) in [5.41, 5.74) is 1.73. The van der Waals surface area contributed by atoms with Crippen molar-refractivity contribution >= 4 is 17.2 Å². The maximum Gasteiger partial charge on any atom is 0.282 e. The molecule has 1 saturated heterocycles. The van der Waals surface area contributed by atoms with Crippen LogP contribution in [0.25, 0.3) is 0 Å². The van der Waals surface area contributed by atoms with E-state index in [-0.39, 0.29) is 5.91 Å². The number of carbonyl (C=O) groups is 1. The number of carbonyl (C=O) groups excluding carboxylic acids is 1. The number of aryl methyl sites for hydroxylation is 1. The summed E-state index contributed by atoms with van der Waals surface area (Å²) in [6.45, 7) is 1.01. The number of amides is 1. The van der Waals surface area contributed by atoms with Crippen molar-refractivity contribution in [3.05, 3.63) is 40.1 Å². The summed E-state index contributed by atoms with van der Waals surface area (Å²) in [5, 5.41) is 2.02. The zero-order chi connectivity index (χ0) is 16.9. The third-order valence-corrected chi connectivity index (χ3v) is 5.48. The summed E-state index contributed by atoms with van der Waals surface area (Å²) in [6, 6.07) is 4.06. The molecule has 4 heterocycles. The molecule has 0 saturated carbocycles. The molecule has 2 aliphatic heterocycles. The van der Waals surface area contributed by atoms with Crippen LogP contribution < -0.4 is 0 Å². The van der Waals surface area contributed by atoms with Crippen LogP contribution in [0.5, 0.6) is 0 Å². The second kappa shape index (κ2) is 5.63. The van der Waals surface area contributed by atoms with Gasteiger partial charge in [0.2, 0.25) is 5.91 Å². The molecule has 1 amide bonds. The second-order valence-corrected chi connectivity index (χ2v) is 7.57. The molecule has 4 rings (SSSR count). The van der Waals surface area contributed by atoms with Gasteiger partial charge in [-0.05, 0) is 11.4 Å². The van der Waals surface area contributed by atoms with Crippen LogP contribution in [0.15, 0.2) is 23.8 Å². The Labute approximate surface area is 142 Å². The van der Waals surface area contributed by atoms with Gasteiger partial charge in [0.05, 0.1) is 36.7 Å². The van der Waals surface area contributed by atoms with Gasteiger partial charge in [-0.3, -0.25) is 9.69 Å². The highest BCUT2D eigenvalue weighted by molar-refractivity contribution is 7.09. The van der Waals surface area contributed by atoms with E-state index in [1.807, 2.05) is 23.1 Å². The second-order valence-electron chi connectivity index (χ2n) is 6.54. The normalized spacial score (nSPS) is 23.0. The third-order valence-electron chi connectivity index (χ3n) is 4.62. The van der Waals surface area contributed by atoms with Gasteiger partial charge < -0.3 is 9.47 Å².